The quantitative estimate of drug-likeness (QED) is 0.819. The lowest BCUT2D eigenvalue weighted by molar-refractivity contribution is -0.149. The maximum Gasteiger partial charge on any atom is 0.231 e. The van der Waals surface area contributed by atoms with Crippen molar-refractivity contribution < 1.29 is 9.53 Å². The van der Waals surface area contributed by atoms with Gasteiger partial charge < -0.3 is 19.9 Å². The average molecular weight is 283 g/mol. The Morgan fingerprint density at radius 3 is 2.75 bits per heavy atom. The van der Waals surface area contributed by atoms with Crippen molar-refractivity contribution in [1.82, 2.24) is 15.1 Å². The van der Waals surface area contributed by atoms with Gasteiger partial charge in [-0.25, -0.2) is 0 Å². The number of carbonyl (C=O) groups is 1. The van der Waals surface area contributed by atoms with Gasteiger partial charge >= 0.3 is 0 Å². The molecule has 0 aromatic carbocycles. The third-order valence-corrected chi connectivity index (χ3v) is 4.90. The number of nitrogens with zero attached hydrogens (tertiary/aromatic N) is 2. The molecule has 20 heavy (non-hydrogen) atoms. The second kappa shape index (κ2) is 6.87. The number of hydrogen-bond acceptors (Lipinski definition) is 4. The zero-order chi connectivity index (χ0) is 14.6. The number of rotatable bonds is 4. The summed E-state index contributed by atoms with van der Waals surface area (Å²) in [4.78, 5) is 17.3. The van der Waals surface area contributed by atoms with E-state index in [2.05, 4.69) is 17.3 Å². The Balaban J connectivity index is 2.06. The second-order valence-corrected chi connectivity index (χ2v) is 6.44. The maximum atomic E-state index is 13.0. The number of likely N-dealkylation sites (tertiary alicyclic amines) is 1. The van der Waals surface area contributed by atoms with Gasteiger partial charge in [0.15, 0.2) is 0 Å². The van der Waals surface area contributed by atoms with Crippen LogP contribution in [0, 0.1) is 5.41 Å². The Morgan fingerprint density at radius 2 is 2.15 bits per heavy atom. The van der Waals surface area contributed by atoms with Crippen molar-refractivity contribution in [3.63, 3.8) is 0 Å². The molecule has 1 unspecified atom stereocenters. The van der Waals surface area contributed by atoms with Crippen LogP contribution in [-0.2, 0) is 9.53 Å². The largest absolute Gasteiger partial charge is 0.384 e. The number of ether oxygens (including phenoxy) is 1. The molecule has 0 saturated carbocycles. The molecule has 0 aromatic heterocycles. The van der Waals surface area contributed by atoms with E-state index in [9.17, 15) is 4.79 Å². The summed E-state index contributed by atoms with van der Waals surface area (Å²) in [5.41, 5.74) is -0.315. The first kappa shape index (κ1) is 15.7. The van der Waals surface area contributed by atoms with Crippen LogP contribution < -0.4 is 5.32 Å². The topological polar surface area (TPSA) is 44.8 Å². The number of likely N-dealkylation sites (N-methyl/N-ethyl adjacent to an activating group) is 2. The molecule has 0 aliphatic carbocycles. The van der Waals surface area contributed by atoms with Crippen molar-refractivity contribution >= 4 is 5.91 Å². The van der Waals surface area contributed by atoms with Gasteiger partial charge in [-0.15, -0.1) is 0 Å². The minimum Gasteiger partial charge on any atom is -0.384 e. The number of methoxy groups -OCH3 is 1. The summed E-state index contributed by atoms with van der Waals surface area (Å²) in [5.74, 6) is 0.279. The fourth-order valence-electron chi connectivity index (χ4n) is 3.60. The van der Waals surface area contributed by atoms with Gasteiger partial charge in [-0.1, -0.05) is 0 Å². The van der Waals surface area contributed by atoms with Gasteiger partial charge in [-0.2, -0.15) is 0 Å². The predicted molar refractivity (Wildman–Crippen MR) is 79.7 cm³/mol. The normalized spacial score (nSPS) is 27.2. The first-order valence-electron chi connectivity index (χ1n) is 7.74. The minimum absolute atomic E-state index is 0.279. The molecule has 0 aromatic rings. The summed E-state index contributed by atoms with van der Waals surface area (Å²) in [6, 6.07) is 0.352. The van der Waals surface area contributed by atoms with Crippen LogP contribution in [0.5, 0.6) is 0 Å². The maximum absolute atomic E-state index is 13.0. The number of carbonyl (C=O) groups excluding carboxylic acids is 1. The first-order chi connectivity index (χ1) is 9.59. The van der Waals surface area contributed by atoms with Crippen LogP contribution in [0.3, 0.4) is 0 Å². The second-order valence-electron chi connectivity index (χ2n) is 6.44. The molecule has 1 amide bonds. The summed E-state index contributed by atoms with van der Waals surface area (Å²) < 4.78 is 5.38. The summed E-state index contributed by atoms with van der Waals surface area (Å²) in [7, 11) is 5.82. The van der Waals surface area contributed by atoms with Crippen molar-refractivity contribution in [3.05, 3.63) is 0 Å². The van der Waals surface area contributed by atoms with E-state index in [-0.39, 0.29) is 11.3 Å². The molecule has 0 spiro atoms. The van der Waals surface area contributed by atoms with Crippen molar-refractivity contribution in [2.45, 2.75) is 31.7 Å². The fourth-order valence-corrected chi connectivity index (χ4v) is 3.60. The van der Waals surface area contributed by atoms with E-state index >= 15 is 0 Å². The van der Waals surface area contributed by atoms with Crippen LogP contribution in [-0.4, -0.2) is 75.7 Å². The molecule has 1 N–H and O–H groups in total. The van der Waals surface area contributed by atoms with E-state index in [1.165, 1.54) is 6.42 Å². The Labute approximate surface area is 122 Å². The lowest BCUT2D eigenvalue weighted by atomic mass is 9.78. The first-order valence-corrected chi connectivity index (χ1v) is 7.74. The fraction of sp³-hybridized carbons (Fsp3) is 0.933. The Hall–Kier alpha value is -0.650. The SMILES string of the molecule is COCC1(C(=O)N(C)C2CCCN(C)C2)CCNCC1. The van der Waals surface area contributed by atoms with E-state index in [1.54, 1.807) is 7.11 Å². The molecule has 2 rings (SSSR count). The molecule has 2 heterocycles. The molecule has 116 valence electrons. The molecule has 2 fully saturated rings. The van der Waals surface area contributed by atoms with Gasteiger partial charge in [-0.3, -0.25) is 4.79 Å². The van der Waals surface area contributed by atoms with Gasteiger partial charge in [0, 0.05) is 26.7 Å². The van der Waals surface area contributed by atoms with E-state index in [0.717, 1.165) is 45.4 Å². The summed E-state index contributed by atoms with van der Waals surface area (Å²) >= 11 is 0. The van der Waals surface area contributed by atoms with Crippen molar-refractivity contribution in [1.29, 1.82) is 0 Å². The van der Waals surface area contributed by atoms with Crippen LogP contribution >= 0.6 is 0 Å². The predicted octanol–water partition coefficient (Wildman–Crippen LogP) is 0.555. The monoisotopic (exact) mass is 283 g/mol. The zero-order valence-electron chi connectivity index (χ0n) is 13.2. The molecule has 0 radical (unpaired) electrons. The molecular weight excluding hydrogens is 254 g/mol. The third-order valence-electron chi connectivity index (χ3n) is 4.90. The van der Waals surface area contributed by atoms with Gasteiger partial charge in [-0.05, 0) is 52.4 Å². The molecule has 5 heteroatoms. The van der Waals surface area contributed by atoms with Crippen LogP contribution in [0.15, 0.2) is 0 Å². The van der Waals surface area contributed by atoms with E-state index in [1.807, 2.05) is 11.9 Å². The van der Waals surface area contributed by atoms with Crippen LogP contribution in [0.4, 0.5) is 0 Å². The molecular formula is C15H29N3O2. The molecule has 2 saturated heterocycles. The Kier molecular flexibility index (Phi) is 5.41. The van der Waals surface area contributed by atoms with Crippen LogP contribution in [0.25, 0.3) is 0 Å². The summed E-state index contributed by atoms with van der Waals surface area (Å²) in [5, 5.41) is 3.34. The Bertz CT molecular complexity index is 324. The third kappa shape index (κ3) is 3.32. The van der Waals surface area contributed by atoms with Crippen LogP contribution in [0.1, 0.15) is 25.7 Å². The van der Waals surface area contributed by atoms with Gasteiger partial charge in [0.05, 0.1) is 12.0 Å². The highest BCUT2D eigenvalue weighted by Gasteiger charge is 2.43. The average Bonchev–Trinajstić information content (AvgIpc) is 2.47. The number of amides is 1. The number of hydrogen-bond donors (Lipinski definition) is 1. The zero-order valence-corrected chi connectivity index (χ0v) is 13.2. The summed E-state index contributed by atoms with van der Waals surface area (Å²) in [6.45, 7) is 4.50. The van der Waals surface area contributed by atoms with Gasteiger partial charge in [0.1, 0.15) is 0 Å². The van der Waals surface area contributed by atoms with Gasteiger partial charge in [0.2, 0.25) is 5.91 Å². The highest BCUT2D eigenvalue weighted by molar-refractivity contribution is 5.83. The molecule has 2 aliphatic rings. The van der Waals surface area contributed by atoms with E-state index in [4.69, 9.17) is 4.74 Å². The van der Waals surface area contributed by atoms with Crippen molar-refractivity contribution in [3.8, 4) is 0 Å². The minimum atomic E-state index is -0.315. The van der Waals surface area contributed by atoms with E-state index < -0.39 is 0 Å². The number of piperidine rings is 2. The standard InChI is InChI=1S/C15H29N3O2/c1-17-10-4-5-13(11-17)18(2)14(19)15(12-20-3)6-8-16-9-7-15/h13,16H,4-12H2,1-3H3. The number of nitrogens with one attached hydrogen (secondary N) is 1. The molecule has 2 aliphatic heterocycles. The summed E-state index contributed by atoms with van der Waals surface area (Å²) in [6.07, 6.45) is 4.06. The Morgan fingerprint density at radius 1 is 1.45 bits per heavy atom. The highest BCUT2D eigenvalue weighted by atomic mass is 16.5. The van der Waals surface area contributed by atoms with Crippen molar-refractivity contribution in [2.75, 3.05) is 54.0 Å². The lowest BCUT2D eigenvalue weighted by Crippen LogP contribution is -2.55. The highest BCUT2D eigenvalue weighted by Crippen LogP contribution is 2.32. The van der Waals surface area contributed by atoms with Crippen molar-refractivity contribution in [2.24, 2.45) is 5.41 Å². The lowest BCUT2D eigenvalue weighted by Gasteiger charge is -2.43. The van der Waals surface area contributed by atoms with Gasteiger partial charge in [0.25, 0.3) is 0 Å². The molecule has 0 bridgehead atoms. The smallest absolute Gasteiger partial charge is 0.231 e. The molecule has 5 nitrogen and oxygen atoms in total. The molecule has 1 atom stereocenters. The van der Waals surface area contributed by atoms with E-state index in [0.29, 0.717) is 12.6 Å². The van der Waals surface area contributed by atoms with Crippen LogP contribution in [0.2, 0.25) is 0 Å².